The molecule has 4 rings (SSSR count). The molecule has 7 heteroatoms. The molecule has 1 saturated heterocycles. The van der Waals surface area contributed by atoms with E-state index in [1.165, 1.54) is 16.7 Å². The van der Waals surface area contributed by atoms with Gasteiger partial charge in [0.15, 0.2) is 4.32 Å². The van der Waals surface area contributed by atoms with Crippen molar-refractivity contribution in [3.8, 4) is 17.1 Å². The van der Waals surface area contributed by atoms with Crippen LogP contribution in [0.3, 0.4) is 0 Å². The number of ether oxygens (including phenoxy) is 1. The van der Waals surface area contributed by atoms with E-state index in [2.05, 4.69) is 0 Å². The van der Waals surface area contributed by atoms with Crippen molar-refractivity contribution < 1.29 is 13.9 Å². The zero-order valence-corrected chi connectivity index (χ0v) is 17.1. The first kappa shape index (κ1) is 18.8. The van der Waals surface area contributed by atoms with Crippen LogP contribution >= 0.6 is 35.6 Å². The van der Waals surface area contributed by atoms with Gasteiger partial charge in [0.25, 0.3) is 5.91 Å². The Kier molecular flexibility index (Phi) is 5.26. The molecular formula is C21H14ClNO3S2. The van der Waals surface area contributed by atoms with Crippen LogP contribution < -0.4 is 9.64 Å². The highest BCUT2D eigenvalue weighted by atomic mass is 35.5. The molecule has 0 bridgehead atoms. The molecule has 1 fully saturated rings. The lowest BCUT2D eigenvalue weighted by molar-refractivity contribution is -0.113. The van der Waals surface area contributed by atoms with Gasteiger partial charge >= 0.3 is 0 Å². The fourth-order valence-electron chi connectivity index (χ4n) is 2.79. The van der Waals surface area contributed by atoms with Crippen LogP contribution in [0.1, 0.15) is 5.76 Å². The summed E-state index contributed by atoms with van der Waals surface area (Å²) >= 11 is 12.9. The summed E-state index contributed by atoms with van der Waals surface area (Å²) < 4.78 is 11.5. The summed E-state index contributed by atoms with van der Waals surface area (Å²) in [5.74, 6) is 1.73. The molecule has 28 heavy (non-hydrogen) atoms. The summed E-state index contributed by atoms with van der Waals surface area (Å²) in [4.78, 5) is 14.9. The van der Waals surface area contributed by atoms with Crippen molar-refractivity contribution >= 4 is 57.6 Å². The lowest BCUT2D eigenvalue weighted by Crippen LogP contribution is -2.27. The highest BCUT2D eigenvalue weighted by molar-refractivity contribution is 8.27. The Morgan fingerprint density at radius 1 is 1.11 bits per heavy atom. The van der Waals surface area contributed by atoms with Gasteiger partial charge in [0.2, 0.25) is 0 Å². The molecule has 4 nitrogen and oxygen atoms in total. The van der Waals surface area contributed by atoms with Crippen molar-refractivity contribution in [3.05, 3.63) is 76.4 Å². The molecule has 1 aromatic heterocycles. The molecule has 3 aromatic rings. The van der Waals surface area contributed by atoms with Gasteiger partial charge in [-0.2, -0.15) is 0 Å². The van der Waals surface area contributed by atoms with Crippen LogP contribution in [-0.4, -0.2) is 17.3 Å². The summed E-state index contributed by atoms with van der Waals surface area (Å²) in [6.07, 6.45) is 1.70. The van der Waals surface area contributed by atoms with Crippen molar-refractivity contribution in [2.24, 2.45) is 0 Å². The van der Waals surface area contributed by atoms with Crippen LogP contribution in [0.2, 0.25) is 5.02 Å². The number of furan rings is 1. The van der Waals surface area contributed by atoms with E-state index in [0.29, 0.717) is 37.2 Å². The van der Waals surface area contributed by atoms with Crippen LogP contribution in [0.25, 0.3) is 17.4 Å². The summed E-state index contributed by atoms with van der Waals surface area (Å²) in [7, 11) is 1.59. The van der Waals surface area contributed by atoms with E-state index in [9.17, 15) is 4.79 Å². The first-order chi connectivity index (χ1) is 13.6. The number of thioether (sulfide) groups is 1. The minimum atomic E-state index is -0.184. The minimum absolute atomic E-state index is 0.184. The Morgan fingerprint density at radius 2 is 1.86 bits per heavy atom. The number of hydrogen-bond donors (Lipinski definition) is 0. The summed E-state index contributed by atoms with van der Waals surface area (Å²) in [5.41, 5.74) is 1.50. The molecule has 0 saturated carbocycles. The number of nitrogens with zero attached hydrogens (tertiary/aromatic N) is 1. The second-order valence-electron chi connectivity index (χ2n) is 5.90. The molecule has 0 aliphatic carbocycles. The monoisotopic (exact) mass is 427 g/mol. The number of anilines is 1. The molecule has 2 heterocycles. The predicted octanol–water partition coefficient (Wildman–Crippen LogP) is 6.01. The number of benzene rings is 2. The van der Waals surface area contributed by atoms with Gasteiger partial charge in [0.1, 0.15) is 17.3 Å². The second-order valence-corrected chi connectivity index (χ2v) is 7.98. The van der Waals surface area contributed by atoms with Gasteiger partial charge < -0.3 is 9.15 Å². The van der Waals surface area contributed by atoms with Gasteiger partial charge in [-0.1, -0.05) is 47.7 Å². The Labute approximate surface area is 176 Å². The molecule has 0 spiro atoms. The van der Waals surface area contributed by atoms with Gasteiger partial charge in [0.05, 0.1) is 22.7 Å². The summed E-state index contributed by atoms with van der Waals surface area (Å²) in [6.45, 7) is 0. The van der Waals surface area contributed by atoms with Crippen LogP contribution in [0.15, 0.2) is 70.0 Å². The second kappa shape index (κ2) is 7.83. The van der Waals surface area contributed by atoms with Crippen molar-refractivity contribution in [1.82, 2.24) is 0 Å². The first-order valence-corrected chi connectivity index (χ1v) is 9.94. The van der Waals surface area contributed by atoms with E-state index in [1.54, 1.807) is 49.6 Å². The molecule has 1 amide bonds. The van der Waals surface area contributed by atoms with E-state index < -0.39 is 0 Å². The fourth-order valence-corrected chi connectivity index (χ4v) is 4.29. The number of hydrogen-bond acceptors (Lipinski definition) is 5. The maximum atomic E-state index is 12.9. The SMILES string of the molecule is COc1ccc(N2C(=O)/C(=C/c3ccc(-c4ccccc4Cl)o3)SC2=S)cc1. The quantitative estimate of drug-likeness (QED) is 0.376. The number of carbonyl (C=O) groups excluding carboxylic acids is 1. The average molecular weight is 428 g/mol. The largest absolute Gasteiger partial charge is 0.497 e. The molecule has 0 radical (unpaired) electrons. The Hall–Kier alpha value is -2.54. The van der Waals surface area contributed by atoms with Crippen LogP contribution in [-0.2, 0) is 4.79 Å². The number of thiocarbonyl (C=S) groups is 1. The van der Waals surface area contributed by atoms with Crippen LogP contribution in [0.4, 0.5) is 5.69 Å². The minimum Gasteiger partial charge on any atom is -0.497 e. The average Bonchev–Trinajstić information content (AvgIpc) is 3.27. The van der Waals surface area contributed by atoms with E-state index in [1.807, 2.05) is 24.3 Å². The highest BCUT2D eigenvalue weighted by Crippen LogP contribution is 2.37. The van der Waals surface area contributed by atoms with Gasteiger partial charge in [-0.3, -0.25) is 9.69 Å². The molecule has 1 aliphatic rings. The maximum absolute atomic E-state index is 12.9. The molecular weight excluding hydrogens is 414 g/mol. The molecule has 0 unspecified atom stereocenters. The first-order valence-electron chi connectivity index (χ1n) is 8.33. The van der Waals surface area contributed by atoms with Crippen LogP contribution in [0.5, 0.6) is 5.75 Å². The standard InChI is InChI=1S/C21H14ClNO3S2/c1-25-14-8-6-13(7-9-14)23-20(24)19(28-21(23)27)12-15-10-11-18(26-15)16-4-2-3-5-17(16)22/h2-12H,1H3/b19-12-. The molecule has 0 N–H and O–H groups in total. The zero-order valence-electron chi connectivity index (χ0n) is 14.7. The van der Waals surface area contributed by atoms with Gasteiger partial charge in [0, 0.05) is 11.6 Å². The van der Waals surface area contributed by atoms with E-state index in [4.69, 9.17) is 33.0 Å². The van der Waals surface area contributed by atoms with Crippen molar-refractivity contribution in [2.45, 2.75) is 0 Å². The van der Waals surface area contributed by atoms with Crippen LogP contribution in [0, 0.1) is 0 Å². The Morgan fingerprint density at radius 3 is 2.57 bits per heavy atom. The summed E-state index contributed by atoms with van der Waals surface area (Å²) in [6, 6.07) is 18.3. The third-order valence-corrected chi connectivity index (χ3v) is 5.80. The molecule has 0 atom stereocenters. The van der Waals surface area contributed by atoms with Gasteiger partial charge in [-0.15, -0.1) is 0 Å². The molecule has 1 aliphatic heterocycles. The fraction of sp³-hybridized carbons (Fsp3) is 0.0476. The summed E-state index contributed by atoms with van der Waals surface area (Å²) in [5, 5.41) is 0.606. The van der Waals surface area contributed by atoms with Crippen molar-refractivity contribution in [1.29, 1.82) is 0 Å². The lowest BCUT2D eigenvalue weighted by atomic mass is 10.2. The van der Waals surface area contributed by atoms with Gasteiger partial charge in [-0.05, 0) is 48.5 Å². The molecule has 2 aromatic carbocycles. The Balaban J connectivity index is 1.60. The number of rotatable bonds is 4. The Bertz CT molecular complexity index is 1090. The number of carbonyl (C=O) groups is 1. The lowest BCUT2D eigenvalue weighted by Gasteiger charge is -2.14. The van der Waals surface area contributed by atoms with E-state index in [0.717, 1.165) is 5.56 Å². The normalized spacial score (nSPS) is 15.5. The third-order valence-electron chi connectivity index (χ3n) is 4.16. The number of amides is 1. The number of halogens is 1. The highest BCUT2D eigenvalue weighted by Gasteiger charge is 2.33. The van der Waals surface area contributed by atoms with E-state index >= 15 is 0 Å². The predicted molar refractivity (Wildman–Crippen MR) is 118 cm³/mol. The number of methoxy groups -OCH3 is 1. The van der Waals surface area contributed by atoms with Gasteiger partial charge in [-0.25, -0.2) is 0 Å². The van der Waals surface area contributed by atoms with Crippen molar-refractivity contribution in [2.75, 3.05) is 12.0 Å². The zero-order chi connectivity index (χ0) is 19.7. The molecule has 140 valence electrons. The van der Waals surface area contributed by atoms with Crippen molar-refractivity contribution in [3.63, 3.8) is 0 Å². The maximum Gasteiger partial charge on any atom is 0.270 e. The smallest absolute Gasteiger partial charge is 0.270 e. The topological polar surface area (TPSA) is 42.7 Å². The van der Waals surface area contributed by atoms with E-state index in [-0.39, 0.29) is 5.91 Å². The third kappa shape index (κ3) is 3.58.